The number of benzene rings is 1. The van der Waals surface area contributed by atoms with Crippen LogP contribution in [0, 0.1) is 25.2 Å². The first kappa shape index (κ1) is 20.8. The van der Waals surface area contributed by atoms with E-state index in [1.807, 2.05) is 51.1 Å². The second-order valence-corrected chi connectivity index (χ2v) is 7.69. The molecule has 0 aliphatic heterocycles. The van der Waals surface area contributed by atoms with Crippen LogP contribution in [0.25, 0.3) is 0 Å². The van der Waals surface area contributed by atoms with Crippen molar-refractivity contribution >= 4 is 11.6 Å². The summed E-state index contributed by atoms with van der Waals surface area (Å²) in [4.78, 5) is 17.1. The Morgan fingerprint density at radius 1 is 1.21 bits per heavy atom. The molecule has 1 aromatic heterocycles. The molecule has 2 atom stereocenters. The molecule has 6 heteroatoms. The molecule has 1 amide bonds. The molecule has 3 rings (SSSR count). The van der Waals surface area contributed by atoms with Crippen LogP contribution in [0.2, 0.25) is 0 Å². The molecule has 1 aliphatic carbocycles. The highest BCUT2D eigenvalue weighted by molar-refractivity contribution is 6.03. The molecule has 1 fully saturated rings. The van der Waals surface area contributed by atoms with Crippen LogP contribution in [0.4, 0.5) is 0 Å². The van der Waals surface area contributed by atoms with Gasteiger partial charge in [-0.05, 0) is 63.8 Å². The minimum absolute atomic E-state index is 0.155. The second kappa shape index (κ2) is 8.64. The number of ether oxygens (including phenoxy) is 2. The van der Waals surface area contributed by atoms with Gasteiger partial charge in [-0.3, -0.25) is 4.79 Å². The summed E-state index contributed by atoms with van der Waals surface area (Å²) in [6, 6.07) is 9.25. The molecule has 1 unspecified atom stereocenters. The van der Waals surface area contributed by atoms with E-state index in [1.165, 1.54) is 0 Å². The van der Waals surface area contributed by atoms with Gasteiger partial charge in [0, 0.05) is 23.3 Å². The molecule has 1 heterocycles. The standard InChI is InChI=1S/C23H29N3O3/c1-13-12-20(25-15(3)21(13)22(24)18-6-7-18)29-16(4)23(27)26-14(2)17-8-10-19(28-5)11-9-17/h8-12,14,16,18,24H,6-7H2,1-5H3,(H,26,27)/t14-,16?/m0/s1. The van der Waals surface area contributed by atoms with Gasteiger partial charge in [-0.15, -0.1) is 0 Å². The van der Waals surface area contributed by atoms with Crippen molar-refractivity contribution in [3.8, 4) is 11.6 Å². The Hall–Kier alpha value is -2.89. The van der Waals surface area contributed by atoms with Crippen LogP contribution in [-0.2, 0) is 4.79 Å². The minimum Gasteiger partial charge on any atom is -0.497 e. The zero-order valence-electron chi connectivity index (χ0n) is 17.7. The SMILES string of the molecule is COc1ccc([C@H](C)NC(=O)C(C)Oc2cc(C)c(C(=N)C3CC3)c(C)n2)cc1. The number of hydrogen-bond acceptors (Lipinski definition) is 5. The Labute approximate surface area is 172 Å². The maximum Gasteiger partial charge on any atom is 0.261 e. The van der Waals surface area contributed by atoms with Crippen molar-refractivity contribution in [1.29, 1.82) is 5.41 Å². The number of hydrogen-bond donors (Lipinski definition) is 2. The monoisotopic (exact) mass is 395 g/mol. The van der Waals surface area contributed by atoms with Crippen LogP contribution in [0.1, 0.15) is 55.1 Å². The van der Waals surface area contributed by atoms with E-state index in [2.05, 4.69) is 10.3 Å². The van der Waals surface area contributed by atoms with Gasteiger partial charge in [0.25, 0.3) is 5.91 Å². The fraction of sp³-hybridized carbons (Fsp3) is 0.435. The van der Waals surface area contributed by atoms with E-state index in [1.54, 1.807) is 14.0 Å². The molecule has 2 aromatic rings. The van der Waals surface area contributed by atoms with Gasteiger partial charge >= 0.3 is 0 Å². The lowest BCUT2D eigenvalue weighted by Crippen LogP contribution is -2.38. The Kier molecular flexibility index (Phi) is 6.20. The maximum atomic E-state index is 12.6. The molecule has 0 spiro atoms. The summed E-state index contributed by atoms with van der Waals surface area (Å²) >= 11 is 0. The number of pyridine rings is 1. The number of nitrogens with one attached hydrogen (secondary N) is 2. The zero-order valence-corrected chi connectivity index (χ0v) is 17.7. The predicted octanol–water partition coefficient (Wildman–Crippen LogP) is 4.13. The van der Waals surface area contributed by atoms with Crippen molar-refractivity contribution in [2.75, 3.05) is 7.11 Å². The molecule has 1 aliphatic rings. The summed E-state index contributed by atoms with van der Waals surface area (Å²) in [5.41, 5.74) is 4.29. The average Bonchev–Trinajstić information content (AvgIpc) is 3.52. The van der Waals surface area contributed by atoms with Gasteiger partial charge in [-0.2, -0.15) is 0 Å². The summed E-state index contributed by atoms with van der Waals surface area (Å²) in [6.45, 7) is 7.49. The van der Waals surface area contributed by atoms with Crippen molar-refractivity contribution in [3.63, 3.8) is 0 Å². The highest BCUT2D eigenvalue weighted by atomic mass is 16.5. The highest BCUT2D eigenvalue weighted by Gasteiger charge is 2.29. The quantitative estimate of drug-likeness (QED) is 0.658. The van der Waals surface area contributed by atoms with Crippen molar-refractivity contribution in [3.05, 3.63) is 52.7 Å². The molecule has 29 heavy (non-hydrogen) atoms. The number of amides is 1. The van der Waals surface area contributed by atoms with Gasteiger partial charge in [0.1, 0.15) is 5.75 Å². The van der Waals surface area contributed by atoms with Gasteiger partial charge < -0.3 is 20.2 Å². The lowest BCUT2D eigenvalue weighted by molar-refractivity contribution is -0.128. The predicted molar refractivity (Wildman–Crippen MR) is 113 cm³/mol. The van der Waals surface area contributed by atoms with E-state index in [0.29, 0.717) is 17.5 Å². The summed E-state index contributed by atoms with van der Waals surface area (Å²) in [7, 11) is 1.62. The van der Waals surface area contributed by atoms with E-state index in [4.69, 9.17) is 14.9 Å². The fourth-order valence-corrected chi connectivity index (χ4v) is 3.38. The molecule has 0 bridgehead atoms. The first-order valence-corrected chi connectivity index (χ1v) is 9.98. The van der Waals surface area contributed by atoms with Gasteiger partial charge in [0.15, 0.2) is 6.10 Å². The van der Waals surface area contributed by atoms with Crippen LogP contribution in [0.15, 0.2) is 30.3 Å². The molecular formula is C23H29N3O3. The normalized spacial score (nSPS) is 15.3. The molecule has 0 radical (unpaired) electrons. The lowest BCUT2D eigenvalue weighted by atomic mass is 10.00. The number of carbonyl (C=O) groups is 1. The first-order valence-electron chi connectivity index (χ1n) is 9.98. The molecule has 1 aromatic carbocycles. The van der Waals surface area contributed by atoms with E-state index >= 15 is 0 Å². The summed E-state index contributed by atoms with van der Waals surface area (Å²) < 4.78 is 11.0. The number of rotatable bonds is 8. The third-order valence-electron chi connectivity index (χ3n) is 5.27. The average molecular weight is 396 g/mol. The third kappa shape index (κ3) is 4.94. The maximum absolute atomic E-state index is 12.6. The van der Waals surface area contributed by atoms with Crippen LogP contribution in [0.3, 0.4) is 0 Å². The number of aryl methyl sites for hydroxylation is 2. The number of methoxy groups -OCH3 is 1. The fourth-order valence-electron chi connectivity index (χ4n) is 3.38. The number of nitrogens with zero attached hydrogens (tertiary/aromatic N) is 1. The Bertz CT molecular complexity index is 881. The van der Waals surface area contributed by atoms with Crippen molar-refractivity contribution in [2.24, 2.45) is 5.92 Å². The van der Waals surface area contributed by atoms with Crippen molar-refractivity contribution in [1.82, 2.24) is 10.3 Å². The van der Waals surface area contributed by atoms with Crippen LogP contribution >= 0.6 is 0 Å². The van der Waals surface area contributed by atoms with Crippen LogP contribution < -0.4 is 14.8 Å². The second-order valence-electron chi connectivity index (χ2n) is 7.69. The van der Waals surface area contributed by atoms with Gasteiger partial charge in [0.05, 0.1) is 18.8 Å². The molecule has 1 saturated carbocycles. The van der Waals surface area contributed by atoms with Gasteiger partial charge in [-0.1, -0.05) is 12.1 Å². The number of carbonyl (C=O) groups excluding carboxylic acids is 1. The van der Waals surface area contributed by atoms with Crippen LogP contribution in [-0.4, -0.2) is 29.8 Å². The highest BCUT2D eigenvalue weighted by Crippen LogP contribution is 2.34. The third-order valence-corrected chi connectivity index (χ3v) is 5.27. The Morgan fingerprint density at radius 2 is 1.86 bits per heavy atom. The summed E-state index contributed by atoms with van der Waals surface area (Å²) in [6.07, 6.45) is 1.48. The molecular weight excluding hydrogens is 366 g/mol. The van der Waals surface area contributed by atoms with E-state index in [9.17, 15) is 4.79 Å². The number of aromatic nitrogens is 1. The Morgan fingerprint density at radius 3 is 2.41 bits per heavy atom. The minimum atomic E-state index is -0.685. The summed E-state index contributed by atoms with van der Waals surface area (Å²) in [5, 5.41) is 11.3. The van der Waals surface area contributed by atoms with Gasteiger partial charge in [0.2, 0.25) is 5.88 Å². The van der Waals surface area contributed by atoms with E-state index in [0.717, 1.165) is 41.0 Å². The largest absolute Gasteiger partial charge is 0.497 e. The molecule has 2 N–H and O–H groups in total. The zero-order chi connectivity index (χ0) is 21.1. The van der Waals surface area contributed by atoms with E-state index < -0.39 is 6.10 Å². The molecule has 154 valence electrons. The molecule has 0 saturated heterocycles. The van der Waals surface area contributed by atoms with Gasteiger partial charge in [-0.25, -0.2) is 4.98 Å². The topological polar surface area (TPSA) is 84.3 Å². The molecule has 6 nitrogen and oxygen atoms in total. The van der Waals surface area contributed by atoms with Crippen LogP contribution in [0.5, 0.6) is 11.6 Å². The first-order chi connectivity index (χ1) is 13.8. The van der Waals surface area contributed by atoms with Crippen molar-refractivity contribution < 1.29 is 14.3 Å². The van der Waals surface area contributed by atoms with E-state index in [-0.39, 0.29) is 11.9 Å². The summed E-state index contributed by atoms with van der Waals surface area (Å²) in [5.74, 6) is 1.34. The lowest BCUT2D eigenvalue weighted by Gasteiger charge is -2.20. The van der Waals surface area contributed by atoms with Crippen molar-refractivity contribution in [2.45, 2.75) is 52.7 Å². The Balaban J connectivity index is 1.63. The smallest absolute Gasteiger partial charge is 0.261 e.